The summed E-state index contributed by atoms with van der Waals surface area (Å²) in [5, 5.41) is 0. The van der Waals surface area contributed by atoms with E-state index in [1.54, 1.807) is 18.4 Å². The lowest BCUT2D eigenvalue weighted by Gasteiger charge is -2.10. The minimum Gasteiger partial charge on any atom is -0.496 e. The Hall–Kier alpha value is -1.32. The summed E-state index contributed by atoms with van der Waals surface area (Å²) < 4.78 is 5.33. The van der Waals surface area contributed by atoms with E-state index in [2.05, 4.69) is 38.1 Å². The van der Waals surface area contributed by atoms with E-state index in [0.717, 1.165) is 11.3 Å². The maximum atomic E-state index is 5.65. The topological polar surface area (TPSA) is 35.2 Å². The SMILES string of the molecule is COc1cc(C)c(-c2ccc(CN)s2)cc1C. The van der Waals surface area contributed by atoms with Gasteiger partial charge >= 0.3 is 0 Å². The zero-order valence-electron chi connectivity index (χ0n) is 10.4. The van der Waals surface area contributed by atoms with E-state index in [-0.39, 0.29) is 0 Å². The van der Waals surface area contributed by atoms with Crippen molar-refractivity contribution in [3.63, 3.8) is 0 Å². The van der Waals surface area contributed by atoms with Crippen LogP contribution in [0.25, 0.3) is 10.4 Å². The zero-order valence-corrected chi connectivity index (χ0v) is 11.2. The molecule has 0 aliphatic carbocycles. The average Bonchev–Trinajstić information content (AvgIpc) is 2.80. The smallest absolute Gasteiger partial charge is 0.122 e. The summed E-state index contributed by atoms with van der Waals surface area (Å²) in [5.74, 6) is 0.946. The van der Waals surface area contributed by atoms with Gasteiger partial charge in [-0.05, 0) is 54.8 Å². The average molecular weight is 247 g/mol. The zero-order chi connectivity index (χ0) is 12.4. The van der Waals surface area contributed by atoms with Gasteiger partial charge in [0.2, 0.25) is 0 Å². The molecule has 90 valence electrons. The minimum absolute atomic E-state index is 0.610. The van der Waals surface area contributed by atoms with E-state index in [9.17, 15) is 0 Å². The van der Waals surface area contributed by atoms with Gasteiger partial charge in [0.25, 0.3) is 0 Å². The number of methoxy groups -OCH3 is 1. The van der Waals surface area contributed by atoms with Crippen molar-refractivity contribution in [2.24, 2.45) is 5.73 Å². The van der Waals surface area contributed by atoms with Gasteiger partial charge in [-0.1, -0.05) is 0 Å². The third kappa shape index (κ3) is 2.35. The molecule has 0 radical (unpaired) electrons. The van der Waals surface area contributed by atoms with Crippen LogP contribution in [-0.4, -0.2) is 7.11 Å². The molecule has 0 amide bonds. The lowest BCUT2D eigenvalue weighted by molar-refractivity contribution is 0.411. The van der Waals surface area contributed by atoms with Crippen LogP contribution in [0.1, 0.15) is 16.0 Å². The van der Waals surface area contributed by atoms with E-state index in [4.69, 9.17) is 10.5 Å². The van der Waals surface area contributed by atoms with Gasteiger partial charge < -0.3 is 10.5 Å². The van der Waals surface area contributed by atoms with E-state index >= 15 is 0 Å². The van der Waals surface area contributed by atoms with Crippen LogP contribution >= 0.6 is 11.3 Å². The molecule has 0 fully saturated rings. The predicted molar refractivity (Wildman–Crippen MR) is 73.7 cm³/mol. The minimum atomic E-state index is 0.610. The van der Waals surface area contributed by atoms with Crippen molar-refractivity contribution in [1.82, 2.24) is 0 Å². The Bertz CT molecular complexity index is 531. The Morgan fingerprint density at radius 2 is 1.94 bits per heavy atom. The number of ether oxygens (including phenoxy) is 1. The molecular formula is C14H17NOS. The van der Waals surface area contributed by atoms with Crippen molar-refractivity contribution in [1.29, 1.82) is 0 Å². The highest BCUT2D eigenvalue weighted by Gasteiger charge is 2.08. The molecule has 1 aromatic heterocycles. The number of aryl methyl sites for hydroxylation is 2. The summed E-state index contributed by atoms with van der Waals surface area (Å²) >= 11 is 1.76. The van der Waals surface area contributed by atoms with Crippen LogP contribution in [0.5, 0.6) is 5.75 Å². The van der Waals surface area contributed by atoms with Crippen molar-refractivity contribution in [3.8, 4) is 16.2 Å². The normalized spacial score (nSPS) is 10.6. The monoisotopic (exact) mass is 247 g/mol. The maximum Gasteiger partial charge on any atom is 0.122 e. The fraction of sp³-hybridized carbons (Fsp3) is 0.286. The standard InChI is InChI=1S/C14H17NOS/c1-9-7-13(16-3)10(2)6-12(9)14-5-4-11(8-15)17-14/h4-7H,8,15H2,1-3H3. The summed E-state index contributed by atoms with van der Waals surface area (Å²) in [6, 6.07) is 8.51. The molecule has 0 aliphatic heterocycles. The van der Waals surface area contributed by atoms with Gasteiger partial charge in [0, 0.05) is 16.3 Å². The van der Waals surface area contributed by atoms with Crippen LogP contribution in [0, 0.1) is 13.8 Å². The molecule has 0 bridgehead atoms. The van der Waals surface area contributed by atoms with Gasteiger partial charge in [-0.2, -0.15) is 0 Å². The number of benzene rings is 1. The lowest BCUT2D eigenvalue weighted by atomic mass is 10.0. The first-order valence-electron chi connectivity index (χ1n) is 5.60. The molecule has 2 nitrogen and oxygen atoms in total. The molecule has 3 heteroatoms. The number of rotatable bonds is 3. The molecule has 2 rings (SSSR count). The van der Waals surface area contributed by atoms with Crippen LogP contribution in [-0.2, 0) is 6.54 Å². The first-order valence-corrected chi connectivity index (χ1v) is 6.41. The molecule has 2 N–H and O–H groups in total. The molecule has 2 aromatic rings. The highest BCUT2D eigenvalue weighted by Crippen LogP contribution is 2.34. The highest BCUT2D eigenvalue weighted by atomic mass is 32.1. The van der Waals surface area contributed by atoms with Crippen molar-refractivity contribution >= 4 is 11.3 Å². The lowest BCUT2D eigenvalue weighted by Crippen LogP contribution is -1.91. The van der Waals surface area contributed by atoms with Crippen LogP contribution in [0.4, 0.5) is 0 Å². The van der Waals surface area contributed by atoms with Crippen LogP contribution in [0.3, 0.4) is 0 Å². The number of hydrogen-bond donors (Lipinski definition) is 1. The summed E-state index contributed by atoms with van der Waals surface area (Å²) in [7, 11) is 1.71. The van der Waals surface area contributed by atoms with Gasteiger partial charge in [0.05, 0.1) is 7.11 Å². The maximum absolute atomic E-state index is 5.65. The van der Waals surface area contributed by atoms with Crippen molar-refractivity contribution < 1.29 is 4.74 Å². The molecule has 0 atom stereocenters. The molecule has 0 unspecified atom stereocenters. The molecule has 1 aromatic carbocycles. The second-order valence-corrected chi connectivity index (χ2v) is 5.28. The third-order valence-corrected chi connectivity index (χ3v) is 4.01. The Balaban J connectivity index is 2.48. The Morgan fingerprint density at radius 3 is 2.53 bits per heavy atom. The van der Waals surface area contributed by atoms with Crippen LogP contribution in [0.15, 0.2) is 24.3 Å². The molecule has 0 saturated carbocycles. The van der Waals surface area contributed by atoms with Gasteiger partial charge in [-0.15, -0.1) is 11.3 Å². The fourth-order valence-corrected chi connectivity index (χ4v) is 2.88. The molecule has 1 heterocycles. The predicted octanol–water partition coefficient (Wildman–Crippen LogP) is 3.50. The fourth-order valence-electron chi connectivity index (χ4n) is 1.91. The molecule has 17 heavy (non-hydrogen) atoms. The van der Waals surface area contributed by atoms with Gasteiger partial charge in [0.15, 0.2) is 0 Å². The number of nitrogens with two attached hydrogens (primary N) is 1. The van der Waals surface area contributed by atoms with Gasteiger partial charge in [-0.25, -0.2) is 0 Å². The van der Waals surface area contributed by atoms with Crippen molar-refractivity contribution in [2.75, 3.05) is 7.11 Å². The van der Waals surface area contributed by atoms with Gasteiger partial charge in [-0.3, -0.25) is 0 Å². The van der Waals surface area contributed by atoms with Crippen molar-refractivity contribution in [3.05, 3.63) is 40.3 Å². The highest BCUT2D eigenvalue weighted by molar-refractivity contribution is 7.15. The summed E-state index contributed by atoms with van der Waals surface area (Å²) in [6.07, 6.45) is 0. The number of thiophene rings is 1. The molecule has 0 saturated heterocycles. The van der Waals surface area contributed by atoms with E-state index in [0.29, 0.717) is 6.54 Å². The van der Waals surface area contributed by atoms with E-state index < -0.39 is 0 Å². The van der Waals surface area contributed by atoms with Crippen LogP contribution < -0.4 is 10.5 Å². The second kappa shape index (κ2) is 4.90. The van der Waals surface area contributed by atoms with E-state index in [1.165, 1.54) is 20.9 Å². The second-order valence-electron chi connectivity index (χ2n) is 4.11. The summed E-state index contributed by atoms with van der Waals surface area (Å²) in [4.78, 5) is 2.49. The molecule has 0 aliphatic rings. The Morgan fingerprint density at radius 1 is 1.18 bits per heavy atom. The van der Waals surface area contributed by atoms with E-state index in [1.807, 2.05) is 0 Å². The Kier molecular flexibility index (Phi) is 3.50. The summed E-state index contributed by atoms with van der Waals surface area (Å²) in [6.45, 7) is 4.79. The first kappa shape index (κ1) is 12.1. The van der Waals surface area contributed by atoms with Gasteiger partial charge in [0.1, 0.15) is 5.75 Å². The molecule has 0 spiro atoms. The van der Waals surface area contributed by atoms with Crippen molar-refractivity contribution in [2.45, 2.75) is 20.4 Å². The number of hydrogen-bond acceptors (Lipinski definition) is 3. The van der Waals surface area contributed by atoms with Crippen LogP contribution in [0.2, 0.25) is 0 Å². The third-order valence-electron chi connectivity index (χ3n) is 2.87. The summed E-state index contributed by atoms with van der Waals surface area (Å²) in [5.41, 5.74) is 9.31. The Labute approximate surface area is 106 Å². The first-order chi connectivity index (χ1) is 8.15. The molecular weight excluding hydrogens is 230 g/mol. The quantitative estimate of drug-likeness (QED) is 0.901. The largest absolute Gasteiger partial charge is 0.496 e.